The predicted molar refractivity (Wildman–Crippen MR) is 82.1 cm³/mol. The summed E-state index contributed by atoms with van der Waals surface area (Å²) in [6.45, 7) is 0.633. The van der Waals surface area contributed by atoms with Gasteiger partial charge in [0.2, 0.25) is 5.91 Å². The topological polar surface area (TPSA) is 95.6 Å². The monoisotopic (exact) mass is 298 g/mol. The maximum absolute atomic E-state index is 11.8. The van der Waals surface area contributed by atoms with Crippen molar-refractivity contribution in [1.29, 1.82) is 0 Å². The van der Waals surface area contributed by atoms with Gasteiger partial charge in [-0.3, -0.25) is 4.79 Å². The van der Waals surface area contributed by atoms with Gasteiger partial charge in [0.25, 0.3) is 0 Å². The summed E-state index contributed by atoms with van der Waals surface area (Å²) in [5, 5.41) is 21.4. The van der Waals surface area contributed by atoms with E-state index in [4.69, 9.17) is 5.73 Å². The van der Waals surface area contributed by atoms with E-state index >= 15 is 0 Å². The van der Waals surface area contributed by atoms with Crippen LogP contribution in [-0.4, -0.2) is 40.7 Å². The number of phenolic OH excluding ortho intramolecular Hbond substituents is 2. The number of hydrogen-bond acceptors (Lipinski definition) is 5. The van der Waals surface area contributed by atoms with Crippen LogP contribution in [0.1, 0.15) is 18.4 Å². The number of aromatic hydroxyl groups is 2. The van der Waals surface area contributed by atoms with Gasteiger partial charge in [-0.05, 0) is 49.0 Å². The molecule has 0 heterocycles. The van der Waals surface area contributed by atoms with Gasteiger partial charge in [0, 0.05) is 6.54 Å². The Bertz CT molecular complexity index is 440. The number of thioether (sulfide) groups is 1. The molecule has 0 fully saturated rings. The van der Waals surface area contributed by atoms with Crippen molar-refractivity contribution in [2.75, 3.05) is 18.6 Å². The molecule has 0 aliphatic heterocycles. The van der Waals surface area contributed by atoms with Crippen LogP contribution in [0.4, 0.5) is 0 Å². The van der Waals surface area contributed by atoms with Gasteiger partial charge < -0.3 is 21.3 Å². The molecule has 0 aromatic heterocycles. The molecular weight excluding hydrogens is 276 g/mol. The van der Waals surface area contributed by atoms with Crippen molar-refractivity contribution in [2.45, 2.75) is 25.3 Å². The molecular formula is C14H22N2O3S. The van der Waals surface area contributed by atoms with E-state index in [9.17, 15) is 15.0 Å². The summed E-state index contributed by atoms with van der Waals surface area (Å²) < 4.78 is 0. The zero-order chi connectivity index (χ0) is 15.0. The molecule has 1 rings (SSSR count). The Hall–Kier alpha value is -1.40. The zero-order valence-corrected chi connectivity index (χ0v) is 12.4. The lowest BCUT2D eigenvalue weighted by Crippen LogP contribution is -2.42. The first-order valence-corrected chi connectivity index (χ1v) is 7.97. The van der Waals surface area contributed by atoms with Crippen molar-refractivity contribution in [1.82, 2.24) is 5.32 Å². The Kier molecular flexibility index (Phi) is 7.25. The van der Waals surface area contributed by atoms with E-state index in [2.05, 4.69) is 11.6 Å². The molecule has 1 aromatic carbocycles. The molecule has 112 valence electrons. The largest absolute Gasteiger partial charge is 0.504 e. The minimum atomic E-state index is -0.653. The van der Waals surface area contributed by atoms with Crippen LogP contribution in [0.15, 0.2) is 18.2 Å². The first kappa shape index (κ1) is 16.7. The molecule has 0 saturated carbocycles. The number of phenols is 2. The van der Waals surface area contributed by atoms with E-state index in [1.807, 2.05) is 0 Å². The highest BCUT2D eigenvalue weighted by Gasteiger charge is 2.14. The van der Waals surface area contributed by atoms with E-state index in [0.717, 1.165) is 18.6 Å². The second kappa shape index (κ2) is 8.71. The maximum atomic E-state index is 11.8. The molecule has 0 spiro atoms. The van der Waals surface area contributed by atoms with Crippen LogP contribution < -0.4 is 11.1 Å². The molecule has 1 aromatic rings. The van der Waals surface area contributed by atoms with Crippen LogP contribution >= 0.6 is 11.8 Å². The summed E-state index contributed by atoms with van der Waals surface area (Å²) in [6, 6.07) is 3.79. The third kappa shape index (κ3) is 5.71. The van der Waals surface area contributed by atoms with E-state index < -0.39 is 6.04 Å². The fourth-order valence-electron chi connectivity index (χ4n) is 1.76. The first-order valence-electron chi connectivity index (χ1n) is 6.57. The number of carbonyl (C=O) groups is 1. The fraction of sp³-hybridized carbons (Fsp3) is 0.500. The Labute approximate surface area is 123 Å². The average Bonchev–Trinajstić information content (AvgIpc) is 2.42. The number of nitrogens with one attached hydrogen (secondary N) is 1. The van der Waals surface area contributed by atoms with Crippen LogP contribution in [0.3, 0.4) is 0 Å². The average molecular weight is 298 g/mol. The van der Waals surface area contributed by atoms with Crippen molar-refractivity contribution in [3.8, 4) is 11.5 Å². The van der Waals surface area contributed by atoms with Gasteiger partial charge in [0.15, 0.2) is 11.5 Å². The Balaban J connectivity index is 2.35. The van der Waals surface area contributed by atoms with Crippen LogP contribution in [0.25, 0.3) is 0 Å². The summed E-state index contributed by atoms with van der Waals surface area (Å²) in [6.07, 6.45) is 4.40. The van der Waals surface area contributed by atoms with Crippen molar-refractivity contribution >= 4 is 17.7 Å². The minimum Gasteiger partial charge on any atom is -0.504 e. The Morgan fingerprint density at radius 3 is 2.75 bits per heavy atom. The third-order valence-corrected chi connectivity index (χ3v) is 3.60. The SMILES string of the molecule is CSCCCCNC(=O)[C@@H](N)Cc1ccc(O)c(O)c1. The highest BCUT2D eigenvalue weighted by molar-refractivity contribution is 7.98. The quantitative estimate of drug-likeness (QED) is 0.428. The zero-order valence-electron chi connectivity index (χ0n) is 11.6. The normalized spacial score (nSPS) is 12.1. The van der Waals surface area contributed by atoms with Gasteiger partial charge in [-0.1, -0.05) is 6.07 Å². The number of unbranched alkanes of at least 4 members (excludes halogenated alkanes) is 1. The van der Waals surface area contributed by atoms with Crippen molar-refractivity contribution in [3.05, 3.63) is 23.8 Å². The lowest BCUT2D eigenvalue weighted by molar-refractivity contribution is -0.122. The van der Waals surface area contributed by atoms with E-state index in [-0.39, 0.29) is 17.4 Å². The molecule has 0 unspecified atom stereocenters. The van der Waals surface area contributed by atoms with E-state index in [1.54, 1.807) is 17.8 Å². The molecule has 20 heavy (non-hydrogen) atoms. The number of amides is 1. The van der Waals surface area contributed by atoms with Crippen molar-refractivity contribution in [3.63, 3.8) is 0 Å². The lowest BCUT2D eigenvalue weighted by Gasteiger charge is -2.12. The van der Waals surface area contributed by atoms with E-state index in [0.29, 0.717) is 18.5 Å². The number of carbonyl (C=O) groups excluding carboxylic acids is 1. The number of rotatable bonds is 8. The minimum absolute atomic E-state index is 0.180. The second-order valence-electron chi connectivity index (χ2n) is 4.62. The van der Waals surface area contributed by atoms with Gasteiger partial charge in [-0.2, -0.15) is 11.8 Å². The van der Waals surface area contributed by atoms with Crippen LogP contribution in [0.5, 0.6) is 11.5 Å². The van der Waals surface area contributed by atoms with Crippen molar-refractivity contribution < 1.29 is 15.0 Å². The van der Waals surface area contributed by atoms with Gasteiger partial charge in [0.1, 0.15) is 0 Å². The van der Waals surface area contributed by atoms with Crippen molar-refractivity contribution in [2.24, 2.45) is 5.73 Å². The molecule has 5 N–H and O–H groups in total. The van der Waals surface area contributed by atoms with E-state index in [1.165, 1.54) is 12.1 Å². The maximum Gasteiger partial charge on any atom is 0.237 e. The molecule has 5 nitrogen and oxygen atoms in total. The van der Waals surface area contributed by atoms with Crippen LogP contribution in [-0.2, 0) is 11.2 Å². The third-order valence-electron chi connectivity index (χ3n) is 2.91. The highest BCUT2D eigenvalue weighted by atomic mass is 32.2. The molecule has 0 radical (unpaired) electrons. The number of nitrogens with two attached hydrogens (primary N) is 1. The van der Waals surface area contributed by atoms with Gasteiger partial charge >= 0.3 is 0 Å². The smallest absolute Gasteiger partial charge is 0.237 e. The Morgan fingerprint density at radius 2 is 2.10 bits per heavy atom. The van der Waals surface area contributed by atoms with Crippen LogP contribution in [0, 0.1) is 0 Å². The molecule has 0 bridgehead atoms. The predicted octanol–water partition coefficient (Wildman–Crippen LogP) is 1.23. The highest BCUT2D eigenvalue weighted by Crippen LogP contribution is 2.25. The molecule has 6 heteroatoms. The molecule has 1 atom stereocenters. The first-order chi connectivity index (χ1) is 9.54. The summed E-state index contributed by atoms with van der Waals surface area (Å²) in [5.41, 5.74) is 6.53. The summed E-state index contributed by atoms with van der Waals surface area (Å²) in [7, 11) is 0. The second-order valence-corrected chi connectivity index (χ2v) is 5.61. The number of hydrogen-bond donors (Lipinski definition) is 4. The lowest BCUT2D eigenvalue weighted by atomic mass is 10.1. The molecule has 1 amide bonds. The number of benzene rings is 1. The molecule has 0 aliphatic carbocycles. The summed E-state index contributed by atoms with van der Waals surface area (Å²) in [4.78, 5) is 11.8. The van der Waals surface area contributed by atoms with Crippen LogP contribution in [0.2, 0.25) is 0 Å². The van der Waals surface area contributed by atoms with Gasteiger partial charge in [0.05, 0.1) is 6.04 Å². The van der Waals surface area contributed by atoms with Gasteiger partial charge in [-0.25, -0.2) is 0 Å². The fourth-order valence-corrected chi connectivity index (χ4v) is 2.25. The summed E-state index contributed by atoms with van der Waals surface area (Å²) in [5.74, 6) is 0.517. The molecule has 0 aliphatic rings. The van der Waals surface area contributed by atoms with Gasteiger partial charge in [-0.15, -0.1) is 0 Å². The standard InChI is InChI=1S/C14H22N2O3S/c1-20-7-3-2-6-16-14(19)11(15)8-10-4-5-12(17)13(18)9-10/h4-5,9,11,17-18H,2-3,6-8,15H2,1H3,(H,16,19)/t11-/m0/s1. The Morgan fingerprint density at radius 1 is 1.35 bits per heavy atom. The molecule has 0 saturated heterocycles. The summed E-state index contributed by atoms with van der Waals surface area (Å²) >= 11 is 1.79.